The Kier molecular flexibility index (Phi) is 3.22. The summed E-state index contributed by atoms with van der Waals surface area (Å²) in [5.41, 5.74) is 0.455. The molecule has 0 saturated heterocycles. The van der Waals surface area contributed by atoms with E-state index in [1.54, 1.807) is 0 Å². The van der Waals surface area contributed by atoms with E-state index < -0.39 is 0 Å². The average molecular weight is 300 g/mol. The molecule has 2 bridgehead atoms. The number of halogens is 1. The predicted octanol–water partition coefficient (Wildman–Crippen LogP) is 3.10. The molecular formula is C14H22BrNO. The Bertz CT molecular complexity index is 313. The smallest absolute Gasteiger partial charge is 0.223 e. The summed E-state index contributed by atoms with van der Waals surface area (Å²) < 4.78 is 0. The monoisotopic (exact) mass is 299 g/mol. The Morgan fingerprint density at radius 3 is 2.65 bits per heavy atom. The van der Waals surface area contributed by atoms with Crippen LogP contribution in [0.25, 0.3) is 0 Å². The maximum absolute atomic E-state index is 12.2. The van der Waals surface area contributed by atoms with Crippen molar-refractivity contribution in [3.63, 3.8) is 0 Å². The molecule has 0 spiro atoms. The van der Waals surface area contributed by atoms with E-state index in [1.807, 2.05) is 0 Å². The molecule has 3 fully saturated rings. The number of hydrogen-bond donors (Lipinski definition) is 1. The molecule has 17 heavy (non-hydrogen) atoms. The second-order valence-corrected chi connectivity index (χ2v) is 7.23. The molecule has 0 aromatic heterocycles. The summed E-state index contributed by atoms with van der Waals surface area (Å²) in [4.78, 5) is 12.2. The van der Waals surface area contributed by atoms with Crippen LogP contribution < -0.4 is 5.32 Å². The summed E-state index contributed by atoms with van der Waals surface area (Å²) >= 11 is 3.51. The number of fused-ring (bicyclic) bond motifs is 2. The molecule has 3 unspecified atom stereocenters. The van der Waals surface area contributed by atoms with Crippen LogP contribution in [0.1, 0.15) is 44.9 Å². The highest BCUT2D eigenvalue weighted by Crippen LogP contribution is 2.50. The van der Waals surface area contributed by atoms with Crippen LogP contribution in [0.4, 0.5) is 0 Å². The third-order valence-electron chi connectivity index (χ3n) is 5.29. The number of rotatable bonds is 5. The lowest BCUT2D eigenvalue weighted by atomic mass is 9.88. The third kappa shape index (κ3) is 2.40. The van der Waals surface area contributed by atoms with Crippen LogP contribution in [-0.4, -0.2) is 17.8 Å². The Morgan fingerprint density at radius 1 is 1.29 bits per heavy atom. The van der Waals surface area contributed by atoms with Crippen LogP contribution >= 0.6 is 15.9 Å². The van der Waals surface area contributed by atoms with Gasteiger partial charge in [-0.1, -0.05) is 22.4 Å². The van der Waals surface area contributed by atoms with Crippen LogP contribution in [-0.2, 0) is 4.79 Å². The highest BCUT2D eigenvalue weighted by molar-refractivity contribution is 9.09. The quantitative estimate of drug-likeness (QED) is 0.777. The van der Waals surface area contributed by atoms with Crippen molar-refractivity contribution in [2.75, 3.05) is 11.9 Å². The Morgan fingerprint density at radius 2 is 2.12 bits per heavy atom. The van der Waals surface area contributed by atoms with Crippen LogP contribution in [0.15, 0.2) is 0 Å². The molecule has 0 aromatic carbocycles. The number of alkyl halides is 1. The van der Waals surface area contributed by atoms with Crippen molar-refractivity contribution in [2.24, 2.45) is 23.2 Å². The fourth-order valence-corrected chi connectivity index (χ4v) is 4.71. The third-order valence-corrected chi connectivity index (χ3v) is 5.69. The van der Waals surface area contributed by atoms with Crippen LogP contribution in [0.5, 0.6) is 0 Å². The van der Waals surface area contributed by atoms with E-state index in [0.717, 1.165) is 17.8 Å². The topological polar surface area (TPSA) is 29.1 Å². The summed E-state index contributed by atoms with van der Waals surface area (Å²) in [6, 6.07) is 0. The van der Waals surface area contributed by atoms with Gasteiger partial charge in [-0.3, -0.25) is 4.79 Å². The van der Waals surface area contributed by atoms with Crippen LogP contribution in [0, 0.1) is 23.2 Å². The maximum atomic E-state index is 12.2. The summed E-state index contributed by atoms with van der Waals surface area (Å²) in [6.07, 6.45) is 8.99. The summed E-state index contributed by atoms with van der Waals surface area (Å²) in [5.74, 6) is 2.30. The lowest BCUT2D eigenvalue weighted by Crippen LogP contribution is -2.37. The van der Waals surface area contributed by atoms with Crippen molar-refractivity contribution in [3.05, 3.63) is 0 Å². The second-order valence-electron chi connectivity index (χ2n) is 6.44. The van der Waals surface area contributed by atoms with Crippen LogP contribution in [0.2, 0.25) is 0 Å². The first-order valence-corrected chi connectivity index (χ1v) is 8.18. The van der Waals surface area contributed by atoms with Gasteiger partial charge in [0.2, 0.25) is 5.91 Å². The molecule has 0 heterocycles. The van der Waals surface area contributed by atoms with Gasteiger partial charge >= 0.3 is 0 Å². The molecule has 3 rings (SSSR count). The minimum Gasteiger partial charge on any atom is -0.355 e. The first kappa shape index (κ1) is 12.0. The van der Waals surface area contributed by atoms with Gasteiger partial charge in [0.15, 0.2) is 0 Å². The zero-order valence-electron chi connectivity index (χ0n) is 10.4. The van der Waals surface area contributed by atoms with Gasteiger partial charge < -0.3 is 5.32 Å². The number of carbonyl (C=O) groups is 1. The molecule has 3 heteroatoms. The second kappa shape index (κ2) is 4.56. The van der Waals surface area contributed by atoms with Crippen LogP contribution in [0.3, 0.4) is 0 Å². The molecule has 0 radical (unpaired) electrons. The lowest BCUT2D eigenvalue weighted by Gasteiger charge is -2.22. The van der Waals surface area contributed by atoms with Gasteiger partial charge in [0.1, 0.15) is 0 Å². The van der Waals surface area contributed by atoms with Gasteiger partial charge in [-0.05, 0) is 55.8 Å². The van der Waals surface area contributed by atoms with Crippen molar-refractivity contribution < 1.29 is 4.79 Å². The highest BCUT2D eigenvalue weighted by Gasteiger charge is 2.45. The molecule has 3 aliphatic carbocycles. The summed E-state index contributed by atoms with van der Waals surface area (Å²) in [6.45, 7) is 0.922. The van der Waals surface area contributed by atoms with Gasteiger partial charge in [-0.15, -0.1) is 0 Å². The van der Waals surface area contributed by atoms with Crippen molar-refractivity contribution in [1.82, 2.24) is 5.32 Å². The van der Waals surface area contributed by atoms with E-state index >= 15 is 0 Å². The molecule has 3 aliphatic rings. The largest absolute Gasteiger partial charge is 0.355 e. The van der Waals surface area contributed by atoms with E-state index in [0.29, 0.717) is 23.2 Å². The fourth-order valence-electron chi connectivity index (χ4n) is 3.86. The van der Waals surface area contributed by atoms with Gasteiger partial charge in [-0.2, -0.15) is 0 Å². The van der Waals surface area contributed by atoms with Gasteiger partial charge in [0, 0.05) is 17.8 Å². The molecular weight excluding hydrogens is 278 g/mol. The molecule has 0 aliphatic heterocycles. The Balaban J connectivity index is 1.48. The summed E-state index contributed by atoms with van der Waals surface area (Å²) in [7, 11) is 0. The normalized spacial score (nSPS) is 37.1. The number of carbonyl (C=O) groups excluding carboxylic acids is 1. The standard InChI is InChI=1S/C14H22BrNO/c15-6-5-14(3-4-14)9-16-13(17)12-8-10-1-2-11(12)7-10/h10-12H,1-9H2,(H,16,17). The fraction of sp³-hybridized carbons (Fsp3) is 0.929. The SMILES string of the molecule is O=C(NCC1(CCBr)CC1)C1CC2CCC1C2. The van der Waals surface area contributed by atoms with E-state index in [2.05, 4.69) is 21.2 Å². The van der Waals surface area contributed by atoms with Crippen molar-refractivity contribution in [3.8, 4) is 0 Å². The molecule has 3 saturated carbocycles. The Labute approximate surface area is 112 Å². The molecule has 3 atom stereocenters. The summed E-state index contributed by atoms with van der Waals surface area (Å²) in [5, 5.41) is 4.30. The molecule has 1 amide bonds. The number of nitrogens with one attached hydrogen (secondary N) is 1. The van der Waals surface area contributed by atoms with E-state index in [4.69, 9.17) is 0 Å². The predicted molar refractivity (Wildman–Crippen MR) is 72.0 cm³/mol. The lowest BCUT2D eigenvalue weighted by molar-refractivity contribution is -0.126. The Hall–Kier alpha value is -0.0500. The van der Waals surface area contributed by atoms with Gasteiger partial charge in [0.25, 0.3) is 0 Å². The molecule has 2 nitrogen and oxygen atoms in total. The van der Waals surface area contributed by atoms with E-state index in [-0.39, 0.29) is 0 Å². The number of hydrogen-bond acceptors (Lipinski definition) is 1. The van der Waals surface area contributed by atoms with Gasteiger partial charge in [-0.25, -0.2) is 0 Å². The first-order valence-electron chi connectivity index (χ1n) is 7.06. The van der Waals surface area contributed by atoms with E-state index in [9.17, 15) is 4.79 Å². The zero-order valence-corrected chi connectivity index (χ0v) is 12.0. The zero-order chi connectivity index (χ0) is 11.9. The minimum absolute atomic E-state index is 0.355. The van der Waals surface area contributed by atoms with Crippen molar-refractivity contribution in [1.29, 1.82) is 0 Å². The minimum atomic E-state index is 0.355. The highest BCUT2D eigenvalue weighted by atomic mass is 79.9. The van der Waals surface area contributed by atoms with Crippen molar-refractivity contribution in [2.45, 2.75) is 44.9 Å². The first-order chi connectivity index (χ1) is 8.22. The molecule has 96 valence electrons. The van der Waals surface area contributed by atoms with E-state index in [1.165, 1.54) is 44.9 Å². The molecule has 0 aromatic rings. The average Bonchev–Trinajstić information content (AvgIpc) is 2.79. The number of amides is 1. The molecule has 1 N–H and O–H groups in total. The maximum Gasteiger partial charge on any atom is 0.223 e. The van der Waals surface area contributed by atoms with Gasteiger partial charge in [0.05, 0.1) is 0 Å². The van der Waals surface area contributed by atoms with Crippen molar-refractivity contribution >= 4 is 21.8 Å².